The molecule has 0 heterocycles. The third-order valence-electron chi connectivity index (χ3n) is 5.05. The first-order valence-corrected chi connectivity index (χ1v) is 8.16. The molecule has 1 saturated carbocycles. The van der Waals surface area contributed by atoms with Crippen molar-refractivity contribution in [2.24, 2.45) is 11.7 Å². The van der Waals surface area contributed by atoms with Crippen molar-refractivity contribution in [3.63, 3.8) is 0 Å². The number of carbonyl (C=O) groups is 1. The fourth-order valence-corrected chi connectivity index (χ4v) is 3.23. The molecule has 0 bridgehead atoms. The maximum atomic E-state index is 12.2. The van der Waals surface area contributed by atoms with Gasteiger partial charge in [-0.05, 0) is 37.5 Å². The lowest BCUT2D eigenvalue weighted by atomic mass is 9.78. The predicted octanol–water partition coefficient (Wildman–Crippen LogP) is 3.03. The topological polar surface area (TPSA) is 64.3 Å². The van der Waals surface area contributed by atoms with Crippen LogP contribution in [0.25, 0.3) is 0 Å². The van der Waals surface area contributed by atoms with Crippen LogP contribution in [0.5, 0.6) is 5.75 Å². The standard InChI is InChI=1S/C18H28N2O2.ClH/c1-13(14(2)19)17(21)20-12-18(9-4-5-10-18)15-7-6-8-16(11-15)22-3;/h6-8,11,13-14H,4-5,9-10,12,19H2,1-3H3,(H,20,21);1H. The third kappa shape index (κ3) is 4.61. The summed E-state index contributed by atoms with van der Waals surface area (Å²) in [5.41, 5.74) is 7.12. The molecule has 0 aromatic heterocycles. The molecule has 0 radical (unpaired) electrons. The Morgan fingerprint density at radius 2 is 2.00 bits per heavy atom. The molecule has 2 atom stereocenters. The van der Waals surface area contributed by atoms with E-state index in [1.165, 1.54) is 18.4 Å². The zero-order valence-corrected chi connectivity index (χ0v) is 15.1. The van der Waals surface area contributed by atoms with Crippen molar-refractivity contribution in [1.82, 2.24) is 5.32 Å². The first kappa shape index (κ1) is 19.8. The summed E-state index contributed by atoms with van der Waals surface area (Å²) in [5, 5.41) is 3.12. The van der Waals surface area contributed by atoms with Crippen molar-refractivity contribution < 1.29 is 9.53 Å². The van der Waals surface area contributed by atoms with Crippen LogP contribution < -0.4 is 15.8 Å². The minimum Gasteiger partial charge on any atom is -0.497 e. The van der Waals surface area contributed by atoms with Crippen molar-refractivity contribution in [2.75, 3.05) is 13.7 Å². The largest absolute Gasteiger partial charge is 0.497 e. The van der Waals surface area contributed by atoms with E-state index in [2.05, 4.69) is 17.4 Å². The molecule has 2 unspecified atom stereocenters. The van der Waals surface area contributed by atoms with Gasteiger partial charge in [-0.25, -0.2) is 0 Å². The average molecular weight is 341 g/mol. The molecule has 1 aromatic carbocycles. The second kappa shape index (κ2) is 8.55. The van der Waals surface area contributed by atoms with Gasteiger partial charge >= 0.3 is 0 Å². The van der Waals surface area contributed by atoms with Gasteiger partial charge in [-0.15, -0.1) is 12.4 Å². The zero-order chi connectivity index (χ0) is 16.2. The van der Waals surface area contributed by atoms with Crippen LogP contribution in [0.2, 0.25) is 0 Å². The molecule has 130 valence electrons. The highest BCUT2D eigenvalue weighted by Crippen LogP contribution is 2.41. The van der Waals surface area contributed by atoms with E-state index in [0.29, 0.717) is 6.54 Å². The number of nitrogens with one attached hydrogen (secondary N) is 1. The van der Waals surface area contributed by atoms with E-state index in [1.54, 1.807) is 7.11 Å². The minimum atomic E-state index is -0.163. The molecule has 1 fully saturated rings. The van der Waals surface area contributed by atoms with E-state index in [1.807, 2.05) is 26.0 Å². The van der Waals surface area contributed by atoms with Crippen LogP contribution in [0, 0.1) is 5.92 Å². The Kier molecular flexibility index (Phi) is 7.36. The molecule has 1 amide bonds. The molecule has 5 heteroatoms. The molecule has 0 aliphatic heterocycles. The first-order chi connectivity index (χ1) is 10.5. The number of nitrogens with two attached hydrogens (primary N) is 1. The van der Waals surface area contributed by atoms with Crippen molar-refractivity contribution in [2.45, 2.75) is 51.0 Å². The van der Waals surface area contributed by atoms with Crippen LogP contribution in [0.15, 0.2) is 24.3 Å². The fraction of sp³-hybridized carbons (Fsp3) is 0.611. The predicted molar refractivity (Wildman–Crippen MR) is 96.2 cm³/mol. The number of rotatable bonds is 6. The lowest BCUT2D eigenvalue weighted by Crippen LogP contribution is -2.44. The van der Waals surface area contributed by atoms with Crippen molar-refractivity contribution >= 4 is 18.3 Å². The number of carbonyl (C=O) groups excluding carboxylic acids is 1. The monoisotopic (exact) mass is 340 g/mol. The average Bonchev–Trinajstić information content (AvgIpc) is 3.02. The zero-order valence-electron chi connectivity index (χ0n) is 14.3. The Bertz CT molecular complexity index is 513. The van der Waals surface area contributed by atoms with E-state index in [-0.39, 0.29) is 35.7 Å². The van der Waals surface area contributed by atoms with Gasteiger partial charge in [0.2, 0.25) is 5.91 Å². The number of hydrogen-bond acceptors (Lipinski definition) is 3. The molecule has 1 aliphatic carbocycles. The molecular weight excluding hydrogens is 312 g/mol. The summed E-state index contributed by atoms with van der Waals surface area (Å²) in [6.45, 7) is 4.43. The smallest absolute Gasteiger partial charge is 0.224 e. The number of hydrogen-bond donors (Lipinski definition) is 2. The molecule has 23 heavy (non-hydrogen) atoms. The highest BCUT2D eigenvalue weighted by molar-refractivity contribution is 5.85. The summed E-state index contributed by atoms with van der Waals surface area (Å²) >= 11 is 0. The van der Waals surface area contributed by atoms with Crippen molar-refractivity contribution in [1.29, 1.82) is 0 Å². The van der Waals surface area contributed by atoms with E-state index in [0.717, 1.165) is 18.6 Å². The van der Waals surface area contributed by atoms with Crippen LogP contribution in [0.1, 0.15) is 45.1 Å². The number of benzene rings is 1. The summed E-state index contributed by atoms with van der Waals surface area (Å²) in [4.78, 5) is 12.2. The summed E-state index contributed by atoms with van der Waals surface area (Å²) < 4.78 is 5.35. The Morgan fingerprint density at radius 3 is 2.57 bits per heavy atom. The normalized spacial score (nSPS) is 18.6. The quantitative estimate of drug-likeness (QED) is 0.836. The molecule has 1 aromatic rings. The Labute approximate surface area is 145 Å². The van der Waals surface area contributed by atoms with Gasteiger partial charge in [0.05, 0.1) is 7.11 Å². The summed E-state index contributed by atoms with van der Waals surface area (Å²) in [5.74, 6) is 0.756. The molecule has 0 saturated heterocycles. The molecule has 3 N–H and O–H groups in total. The number of methoxy groups -OCH3 is 1. The maximum Gasteiger partial charge on any atom is 0.224 e. The highest BCUT2D eigenvalue weighted by atomic mass is 35.5. The van der Waals surface area contributed by atoms with Crippen LogP contribution in [0.3, 0.4) is 0 Å². The summed E-state index contributed by atoms with van der Waals surface area (Å²) in [6.07, 6.45) is 4.62. The van der Waals surface area contributed by atoms with Gasteiger partial charge < -0.3 is 15.8 Å². The molecular formula is C18H29ClN2O2. The van der Waals surface area contributed by atoms with Crippen LogP contribution in [0.4, 0.5) is 0 Å². The maximum absolute atomic E-state index is 12.2. The van der Waals surface area contributed by atoms with Gasteiger partial charge in [-0.2, -0.15) is 0 Å². The van der Waals surface area contributed by atoms with Gasteiger partial charge in [0, 0.05) is 23.9 Å². The lowest BCUT2D eigenvalue weighted by molar-refractivity contribution is -0.125. The lowest BCUT2D eigenvalue weighted by Gasteiger charge is -2.31. The summed E-state index contributed by atoms with van der Waals surface area (Å²) in [7, 11) is 1.69. The van der Waals surface area contributed by atoms with Gasteiger partial charge in [-0.1, -0.05) is 31.9 Å². The van der Waals surface area contributed by atoms with Gasteiger partial charge in [0.15, 0.2) is 0 Å². The molecule has 1 aliphatic rings. The molecule has 0 spiro atoms. The number of amides is 1. The SMILES string of the molecule is COc1cccc(C2(CNC(=O)C(C)C(C)N)CCCC2)c1.Cl. The van der Waals surface area contributed by atoms with E-state index < -0.39 is 0 Å². The van der Waals surface area contributed by atoms with E-state index >= 15 is 0 Å². The Hall–Kier alpha value is -1.26. The van der Waals surface area contributed by atoms with Gasteiger partial charge in [0.1, 0.15) is 5.75 Å². The Balaban J connectivity index is 0.00000264. The minimum absolute atomic E-state index is 0. The van der Waals surface area contributed by atoms with Crippen LogP contribution >= 0.6 is 12.4 Å². The summed E-state index contributed by atoms with van der Waals surface area (Å²) in [6, 6.07) is 8.11. The third-order valence-corrected chi connectivity index (χ3v) is 5.05. The van der Waals surface area contributed by atoms with Gasteiger partial charge in [0.25, 0.3) is 0 Å². The van der Waals surface area contributed by atoms with E-state index in [9.17, 15) is 4.79 Å². The van der Waals surface area contributed by atoms with E-state index in [4.69, 9.17) is 10.5 Å². The van der Waals surface area contributed by atoms with Crippen molar-refractivity contribution in [3.05, 3.63) is 29.8 Å². The van der Waals surface area contributed by atoms with Crippen LogP contribution in [-0.2, 0) is 10.2 Å². The second-order valence-corrected chi connectivity index (χ2v) is 6.58. The fourth-order valence-electron chi connectivity index (χ4n) is 3.23. The second-order valence-electron chi connectivity index (χ2n) is 6.58. The van der Waals surface area contributed by atoms with Crippen molar-refractivity contribution in [3.8, 4) is 5.75 Å². The van der Waals surface area contributed by atoms with Gasteiger partial charge in [-0.3, -0.25) is 4.79 Å². The Morgan fingerprint density at radius 1 is 1.35 bits per heavy atom. The molecule has 4 nitrogen and oxygen atoms in total. The first-order valence-electron chi connectivity index (χ1n) is 8.16. The molecule has 2 rings (SSSR count). The van der Waals surface area contributed by atoms with Crippen LogP contribution in [-0.4, -0.2) is 25.6 Å². The number of ether oxygens (including phenoxy) is 1. The number of halogens is 1. The highest BCUT2D eigenvalue weighted by Gasteiger charge is 2.36.